The minimum atomic E-state index is -0.0370. The van der Waals surface area contributed by atoms with E-state index in [2.05, 4.69) is 20.5 Å². The Morgan fingerprint density at radius 2 is 2.28 bits per heavy atom. The highest BCUT2D eigenvalue weighted by molar-refractivity contribution is 6.28. The monoisotopic (exact) mass is 271 g/mol. The molecule has 100 valence electrons. The second-order valence-corrected chi connectivity index (χ2v) is 4.60. The van der Waals surface area contributed by atoms with Crippen LogP contribution < -0.4 is 10.6 Å². The lowest BCUT2D eigenvalue weighted by atomic mass is 10.3. The number of rotatable bonds is 5. The van der Waals surface area contributed by atoms with Gasteiger partial charge in [-0.15, -0.1) is 0 Å². The molecule has 0 saturated carbocycles. The molecule has 1 fully saturated rings. The number of halogens is 1. The number of nitrogens with zero attached hydrogens (tertiary/aromatic N) is 3. The van der Waals surface area contributed by atoms with Crippen LogP contribution in [-0.2, 0) is 11.3 Å². The van der Waals surface area contributed by atoms with Crippen LogP contribution in [0.25, 0.3) is 0 Å². The number of aromatic nitrogens is 2. The number of carbonyl (C=O) groups excluding carboxylic acids is 1. The molecule has 0 bridgehead atoms. The molecule has 0 aliphatic carbocycles. The summed E-state index contributed by atoms with van der Waals surface area (Å²) >= 11 is 5.80. The van der Waals surface area contributed by atoms with E-state index in [1.54, 1.807) is 17.0 Å². The Kier molecular flexibility index (Phi) is 4.98. The third-order valence-electron chi connectivity index (χ3n) is 2.94. The SMILES string of the molecule is O=C(Cn1ccnc1Cl)NCCN1CCNCC1. The molecular weight excluding hydrogens is 254 g/mol. The first-order chi connectivity index (χ1) is 8.75. The molecule has 0 unspecified atom stereocenters. The summed E-state index contributed by atoms with van der Waals surface area (Å²) in [5.74, 6) is -0.0370. The Morgan fingerprint density at radius 3 is 2.94 bits per heavy atom. The number of nitrogens with one attached hydrogen (secondary N) is 2. The zero-order chi connectivity index (χ0) is 12.8. The molecule has 2 rings (SSSR count). The third-order valence-corrected chi connectivity index (χ3v) is 3.25. The number of hydrogen-bond acceptors (Lipinski definition) is 4. The molecule has 7 heteroatoms. The van der Waals surface area contributed by atoms with Gasteiger partial charge in [0.05, 0.1) is 0 Å². The molecule has 1 aliphatic rings. The van der Waals surface area contributed by atoms with Crippen molar-refractivity contribution in [2.75, 3.05) is 39.3 Å². The van der Waals surface area contributed by atoms with Crippen LogP contribution in [0.1, 0.15) is 0 Å². The highest BCUT2D eigenvalue weighted by Gasteiger charge is 2.10. The molecule has 1 saturated heterocycles. The topological polar surface area (TPSA) is 62.2 Å². The maximum absolute atomic E-state index is 11.7. The fourth-order valence-corrected chi connectivity index (χ4v) is 2.10. The molecule has 0 radical (unpaired) electrons. The smallest absolute Gasteiger partial charge is 0.240 e. The third kappa shape index (κ3) is 3.97. The van der Waals surface area contributed by atoms with Gasteiger partial charge in [0.1, 0.15) is 6.54 Å². The van der Waals surface area contributed by atoms with Gasteiger partial charge in [-0.05, 0) is 11.6 Å². The predicted octanol–water partition coefficient (Wildman–Crippen LogP) is -0.442. The van der Waals surface area contributed by atoms with Crippen molar-refractivity contribution in [3.63, 3.8) is 0 Å². The predicted molar refractivity (Wildman–Crippen MR) is 69.6 cm³/mol. The minimum absolute atomic E-state index is 0.0370. The fourth-order valence-electron chi connectivity index (χ4n) is 1.93. The van der Waals surface area contributed by atoms with E-state index in [9.17, 15) is 4.79 Å². The van der Waals surface area contributed by atoms with E-state index in [1.807, 2.05) is 0 Å². The van der Waals surface area contributed by atoms with Crippen molar-refractivity contribution in [1.29, 1.82) is 0 Å². The largest absolute Gasteiger partial charge is 0.353 e. The van der Waals surface area contributed by atoms with Crippen molar-refractivity contribution in [2.24, 2.45) is 0 Å². The highest BCUT2D eigenvalue weighted by Crippen LogP contribution is 2.03. The Hall–Kier alpha value is -1.11. The van der Waals surface area contributed by atoms with Gasteiger partial charge in [0.15, 0.2) is 0 Å². The number of amides is 1. The van der Waals surface area contributed by atoms with E-state index < -0.39 is 0 Å². The Bertz CT molecular complexity index is 389. The Labute approximate surface area is 111 Å². The second kappa shape index (κ2) is 6.72. The van der Waals surface area contributed by atoms with Gasteiger partial charge >= 0.3 is 0 Å². The average Bonchev–Trinajstić information content (AvgIpc) is 2.76. The number of hydrogen-bond donors (Lipinski definition) is 2. The van der Waals surface area contributed by atoms with Gasteiger partial charge in [-0.3, -0.25) is 9.69 Å². The van der Waals surface area contributed by atoms with Gasteiger partial charge in [0.25, 0.3) is 0 Å². The molecule has 1 aromatic rings. The maximum Gasteiger partial charge on any atom is 0.240 e. The van der Waals surface area contributed by atoms with E-state index >= 15 is 0 Å². The molecule has 0 atom stereocenters. The average molecular weight is 272 g/mol. The number of imidazole rings is 1. The molecule has 1 aliphatic heterocycles. The molecule has 2 heterocycles. The first-order valence-electron chi connectivity index (χ1n) is 6.12. The summed E-state index contributed by atoms with van der Waals surface area (Å²) in [6.45, 7) is 5.93. The van der Waals surface area contributed by atoms with E-state index in [1.165, 1.54) is 0 Å². The standard InChI is InChI=1S/C11H18ClN5O/c12-11-15-4-8-17(11)9-10(18)14-3-7-16-5-1-13-2-6-16/h4,8,13H,1-3,5-7,9H2,(H,14,18). The van der Waals surface area contributed by atoms with Gasteiger partial charge in [0.2, 0.25) is 11.2 Å². The first kappa shape index (κ1) is 13.3. The maximum atomic E-state index is 11.7. The molecule has 1 amide bonds. The minimum Gasteiger partial charge on any atom is -0.353 e. The summed E-state index contributed by atoms with van der Waals surface area (Å²) in [5.41, 5.74) is 0. The van der Waals surface area contributed by atoms with E-state index in [0.717, 1.165) is 32.7 Å². The van der Waals surface area contributed by atoms with Crippen LogP contribution in [0.2, 0.25) is 5.28 Å². The summed E-state index contributed by atoms with van der Waals surface area (Å²) in [5, 5.41) is 6.52. The van der Waals surface area contributed by atoms with Gasteiger partial charge in [-0.25, -0.2) is 4.98 Å². The van der Waals surface area contributed by atoms with Gasteiger partial charge in [-0.1, -0.05) is 0 Å². The molecule has 2 N–H and O–H groups in total. The van der Waals surface area contributed by atoms with Crippen molar-refractivity contribution in [3.05, 3.63) is 17.7 Å². The van der Waals surface area contributed by atoms with Crippen LogP contribution in [0.4, 0.5) is 0 Å². The fraction of sp³-hybridized carbons (Fsp3) is 0.636. The summed E-state index contributed by atoms with van der Waals surface area (Å²) in [7, 11) is 0. The number of piperazine rings is 1. The molecule has 6 nitrogen and oxygen atoms in total. The lowest BCUT2D eigenvalue weighted by molar-refractivity contribution is -0.121. The van der Waals surface area contributed by atoms with Gasteiger partial charge in [0, 0.05) is 51.7 Å². The second-order valence-electron chi connectivity index (χ2n) is 4.27. The summed E-state index contributed by atoms with van der Waals surface area (Å²) in [6.07, 6.45) is 3.27. The normalized spacial score (nSPS) is 16.7. The quantitative estimate of drug-likeness (QED) is 0.762. The number of carbonyl (C=O) groups is 1. The van der Waals surface area contributed by atoms with Crippen LogP contribution in [-0.4, -0.2) is 59.6 Å². The molecule has 0 spiro atoms. The summed E-state index contributed by atoms with van der Waals surface area (Å²) in [4.78, 5) is 17.8. The van der Waals surface area contributed by atoms with Crippen molar-refractivity contribution in [2.45, 2.75) is 6.54 Å². The van der Waals surface area contributed by atoms with Gasteiger partial charge < -0.3 is 15.2 Å². The van der Waals surface area contributed by atoms with Crippen molar-refractivity contribution in [3.8, 4) is 0 Å². The van der Waals surface area contributed by atoms with E-state index in [4.69, 9.17) is 11.6 Å². The van der Waals surface area contributed by atoms with Crippen LogP contribution in [0, 0.1) is 0 Å². The zero-order valence-corrected chi connectivity index (χ0v) is 11.0. The summed E-state index contributed by atoms with van der Waals surface area (Å²) in [6, 6.07) is 0. The van der Waals surface area contributed by atoms with E-state index in [0.29, 0.717) is 11.8 Å². The van der Waals surface area contributed by atoms with Crippen molar-refractivity contribution >= 4 is 17.5 Å². The lowest BCUT2D eigenvalue weighted by Crippen LogP contribution is -2.46. The van der Waals surface area contributed by atoms with Crippen molar-refractivity contribution in [1.82, 2.24) is 25.1 Å². The zero-order valence-electron chi connectivity index (χ0n) is 10.2. The summed E-state index contributed by atoms with van der Waals surface area (Å²) < 4.78 is 1.61. The van der Waals surface area contributed by atoms with Crippen LogP contribution in [0.15, 0.2) is 12.4 Å². The Balaban J connectivity index is 1.64. The lowest BCUT2D eigenvalue weighted by Gasteiger charge is -2.27. The van der Waals surface area contributed by atoms with Crippen LogP contribution in [0.5, 0.6) is 0 Å². The Morgan fingerprint density at radius 1 is 1.50 bits per heavy atom. The van der Waals surface area contributed by atoms with E-state index in [-0.39, 0.29) is 12.5 Å². The van der Waals surface area contributed by atoms with Crippen LogP contribution >= 0.6 is 11.6 Å². The highest BCUT2D eigenvalue weighted by atomic mass is 35.5. The van der Waals surface area contributed by atoms with Crippen LogP contribution in [0.3, 0.4) is 0 Å². The first-order valence-corrected chi connectivity index (χ1v) is 6.50. The molecule has 0 aromatic carbocycles. The van der Waals surface area contributed by atoms with Crippen molar-refractivity contribution < 1.29 is 4.79 Å². The molecule has 18 heavy (non-hydrogen) atoms. The molecule has 1 aromatic heterocycles. The molecular formula is C11H18ClN5O. The van der Waals surface area contributed by atoms with Gasteiger partial charge in [-0.2, -0.15) is 0 Å².